The Kier molecular flexibility index (Phi) is 5.10. The van der Waals surface area contributed by atoms with Gasteiger partial charge in [0.2, 0.25) is 0 Å². The van der Waals surface area contributed by atoms with Gasteiger partial charge in [-0.3, -0.25) is 9.59 Å². The molecule has 1 amide bonds. The van der Waals surface area contributed by atoms with Crippen LogP contribution in [-0.2, 0) is 11.2 Å². The zero-order valence-corrected chi connectivity index (χ0v) is 11.8. The Hall–Kier alpha value is -2.62. The normalized spacial score (nSPS) is 9.95. The molecule has 0 spiro atoms. The lowest BCUT2D eigenvalue weighted by molar-refractivity contribution is -0.131. The molecule has 0 radical (unpaired) electrons. The predicted molar refractivity (Wildman–Crippen MR) is 80.2 cm³/mol. The van der Waals surface area contributed by atoms with Gasteiger partial charge in [-0.25, -0.2) is 0 Å². The Morgan fingerprint density at radius 3 is 2.52 bits per heavy atom. The van der Waals surface area contributed by atoms with E-state index in [0.717, 1.165) is 6.42 Å². The van der Waals surface area contributed by atoms with E-state index in [2.05, 4.69) is 5.32 Å². The highest BCUT2D eigenvalue weighted by Gasteiger charge is 2.07. The van der Waals surface area contributed by atoms with Gasteiger partial charge in [0.15, 0.2) is 0 Å². The van der Waals surface area contributed by atoms with E-state index in [1.54, 1.807) is 24.3 Å². The summed E-state index contributed by atoms with van der Waals surface area (Å²) in [6.45, 7) is 1.88. The maximum atomic E-state index is 12.0. The summed E-state index contributed by atoms with van der Waals surface area (Å²) in [6.07, 6.45) is 0.774. The van der Waals surface area contributed by atoms with Crippen LogP contribution in [0.25, 0.3) is 0 Å². The number of benzene rings is 2. The van der Waals surface area contributed by atoms with E-state index in [9.17, 15) is 9.59 Å². The van der Waals surface area contributed by atoms with Crippen molar-refractivity contribution in [3.05, 3.63) is 65.7 Å². The lowest BCUT2D eigenvalue weighted by Crippen LogP contribution is -2.25. The maximum Gasteiger partial charge on any atom is 0.308 e. The number of carbonyl (C=O) groups is 2. The van der Waals surface area contributed by atoms with Crippen molar-refractivity contribution < 1.29 is 14.3 Å². The molecule has 2 rings (SSSR count). The summed E-state index contributed by atoms with van der Waals surface area (Å²) in [4.78, 5) is 22.9. The molecule has 0 saturated carbocycles. The summed E-state index contributed by atoms with van der Waals surface area (Å²) in [5, 5.41) is 2.85. The van der Waals surface area contributed by atoms with E-state index in [4.69, 9.17) is 4.74 Å². The number of nitrogens with one attached hydrogen (secondary N) is 1. The molecule has 2 aromatic carbocycles. The van der Waals surface area contributed by atoms with Crippen LogP contribution in [0.1, 0.15) is 22.8 Å². The van der Waals surface area contributed by atoms with Crippen molar-refractivity contribution >= 4 is 11.9 Å². The van der Waals surface area contributed by atoms with Gasteiger partial charge in [0, 0.05) is 19.0 Å². The minimum absolute atomic E-state index is 0.181. The second kappa shape index (κ2) is 7.24. The van der Waals surface area contributed by atoms with E-state index in [1.807, 2.05) is 30.3 Å². The monoisotopic (exact) mass is 283 g/mol. The van der Waals surface area contributed by atoms with Gasteiger partial charge in [0.25, 0.3) is 5.91 Å². The molecule has 2 aromatic rings. The van der Waals surface area contributed by atoms with Crippen molar-refractivity contribution in [2.24, 2.45) is 0 Å². The molecule has 0 unspecified atom stereocenters. The van der Waals surface area contributed by atoms with Crippen molar-refractivity contribution in [3.8, 4) is 5.75 Å². The van der Waals surface area contributed by atoms with Gasteiger partial charge in [0.1, 0.15) is 5.75 Å². The fraction of sp³-hybridized carbons (Fsp3) is 0.176. The molecule has 0 aliphatic carbocycles. The predicted octanol–water partition coefficient (Wildman–Crippen LogP) is 2.58. The highest BCUT2D eigenvalue weighted by Crippen LogP contribution is 2.13. The molecule has 1 N–H and O–H groups in total. The zero-order chi connectivity index (χ0) is 15.1. The van der Waals surface area contributed by atoms with Gasteiger partial charge in [0.05, 0.1) is 0 Å². The summed E-state index contributed by atoms with van der Waals surface area (Å²) >= 11 is 0. The van der Waals surface area contributed by atoms with E-state index in [1.165, 1.54) is 12.5 Å². The van der Waals surface area contributed by atoms with Gasteiger partial charge < -0.3 is 10.1 Å². The third kappa shape index (κ3) is 4.76. The van der Waals surface area contributed by atoms with Gasteiger partial charge >= 0.3 is 5.97 Å². The SMILES string of the molecule is CC(=O)Oc1cccc(C(=O)NCCc2ccccc2)c1. The van der Waals surface area contributed by atoms with Crippen LogP contribution in [0.4, 0.5) is 0 Å². The van der Waals surface area contributed by atoms with Crippen LogP contribution in [0.5, 0.6) is 5.75 Å². The fourth-order valence-electron chi connectivity index (χ4n) is 1.93. The van der Waals surface area contributed by atoms with Crippen molar-refractivity contribution in [1.82, 2.24) is 5.32 Å². The molecule has 21 heavy (non-hydrogen) atoms. The molecule has 0 bridgehead atoms. The molecule has 0 heterocycles. The van der Waals surface area contributed by atoms with Crippen LogP contribution >= 0.6 is 0 Å². The quantitative estimate of drug-likeness (QED) is 0.678. The topological polar surface area (TPSA) is 55.4 Å². The van der Waals surface area contributed by atoms with Gasteiger partial charge in [-0.15, -0.1) is 0 Å². The summed E-state index contributed by atoms with van der Waals surface area (Å²) in [6, 6.07) is 16.5. The summed E-state index contributed by atoms with van der Waals surface area (Å²) in [5.74, 6) is -0.213. The zero-order valence-electron chi connectivity index (χ0n) is 11.8. The van der Waals surface area contributed by atoms with E-state index in [-0.39, 0.29) is 5.91 Å². The first kappa shape index (κ1) is 14.8. The average molecular weight is 283 g/mol. The maximum absolute atomic E-state index is 12.0. The summed E-state index contributed by atoms with van der Waals surface area (Å²) in [5.41, 5.74) is 1.65. The highest BCUT2D eigenvalue weighted by atomic mass is 16.5. The van der Waals surface area contributed by atoms with Gasteiger partial charge in [-0.05, 0) is 30.2 Å². The van der Waals surface area contributed by atoms with Crippen molar-refractivity contribution in [2.45, 2.75) is 13.3 Å². The summed E-state index contributed by atoms with van der Waals surface area (Å²) < 4.78 is 4.96. The smallest absolute Gasteiger partial charge is 0.308 e. The van der Waals surface area contributed by atoms with Crippen LogP contribution < -0.4 is 10.1 Å². The lowest BCUT2D eigenvalue weighted by atomic mass is 10.1. The van der Waals surface area contributed by atoms with E-state index in [0.29, 0.717) is 17.9 Å². The van der Waals surface area contributed by atoms with Crippen LogP contribution in [0.3, 0.4) is 0 Å². The molecule has 4 nitrogen and oxygen atoms in total. The van der Waals surface area contributed by atoms with Crippen LogP contribution in [0, 0.1) is 0 Å². The Bertz CT molecular complexity index is 623. The Labute approximate surface area is 123 Å². The molecule has 0 atom stereocenters. The minimum Gasteiger partial charge on any atom is -0.427 e. The molecule has 0 aliphatic heterocycles. The molecule has 0 aromatic heterocycles. The molecule has 0 aliphatic rings. The first-order chi connectivity index (χ1) is 10.1. The van der Waals surface area contributed by atoms with E-state index >= 15 is 0 Å². The number of rotatable bonds is 5. The average Bonchev–Trinajstić information content (AvgIpc) is 2.48. The van der Waals surface area contributed by atoms with Crippen LogP contribution in [0.15, 0.2) is 54.6 Å². The number of hydrogen-bond donors (Lipinski definition) is 1. The molecular weight excluding hydrogens is 266 g/mol. The van der Waals surface area contributed by atoms with Crippen molar-refractivity contribution in [3.63, 3.8) is 0 Å². The van der Waals surface area contributed by atoms with Crippen LogP contribution in [0.2, 0.25) is 0 Å². The fourth-order valence-corrected chi connectivity index (χ4v) is 1.93. The van der Waals surface area contributed by atoms with Crippen LogP contribution in [-0.4, -0.2) is 18.4 Å². The largest absolute Gasteiger partial charge is 0.427 e. The molecule has 0 fully saturated rings. The standard InChI is InChI=1S/C17H17NO3/c1-13(19)21-16-9-5-8-15(12-16)17(20)18-11-10-14-6-3-2-4-7-14/h2-9,12H,10-11H2,1H3,(H,18,20). The van der Waals surface area contributed by atoms with Gasteiger partial charge in [-0.1, -0.05) is 36.4 Å². The Morgan fingerprint density at radius 2 is 1.81 bits per heavy atom. The molecule has 4 heteroatoms. The minimum atomic E-state index is -0.406. The molecule has 0 saturated heterocycles. The number of carbonyl (C=O) groups excluding carboxylic acids is 2. The first-order valence-electron chi connectivity index (χ1n) is 6.76. The van der Waals surface area contributed by atoms with Crippen molar-refractivity contribution in [2.75, 3.05) is 6.54 Å². The lowest BCUT2D eigenvalue weighted by Gasteiger charge is -2.07. The second-order valence-electron chi connectivity index (χ2n) is 4.61. The second-order valence-corrected chi connectivity index (χ2v) is 4.61. The number of hydrogen-bond acceptors (Lipinski definition) is 3. The van der Waals surface area contributed by atoms with Crippen molar-refractivity contribution in [1.29, 1.82) is 0 Å². The van der Waals surface area contributed by atoms with Gasteiger partial charge in [-0.2, -0.15) is 0 Å². The number of esters is 1. The molecular formula is C17H17NO3. The Balaban J connectivity index is 1.89. The Morgan fingerprint density at radius 1 is 1.05 bits per heavy atom. The van der Waals surface area contributed by atoms with E-state index < -0.39 is 5.97 Å². The summed E-state index contributed by atoms with van der Waals surface area (Å²) in [7, 11) is 0. The third-order valence-electron chi connectivity index (χ3n) is 2.90. The number of ether oxygens (including phenoxy) is 1. The number of amides is 1. The molecule has 108 valence electrons. The first-order valence-corrected chi connectivity index (χ1v) is 6.76. The highest BCUT2D eigenvalue weighted by molar-refractivity contribution is 5.94. The third-order valence-corrected chi connectivity index (χ3v) is 2.90.